The van der Waals surface area contributed by atoms with Crippen molar-refractivity contribution in [1.82, 2.24) is 14.7 Å². The number of benzene rings is 1. The van der Waals surface area contributed by atoms with Crippen LogP contribution in [0.1, 0.15) is 38.2 Å². The largest absolute Gasteiger partial charge is 0.369 e. The normalized spacial score (nSPS) is 19.1. The minimum atomic E-state index is -0.265. The predicted octanol–water partition coefficient (Wildman–Crippen LogP) is 2.60. The van der Waals surface area contributed by atoms with Crippen molar-refractivity contribution in [3.05, 3.63) is 41.3 Å². The third-order valence-corrected chi connectivity index (χ3v) is 6.99. The van der Waals surface area contributed by atoms with Crippen LogP contribution >= 0.6 is 11.6 Å². The number of primary amides is 1. The van der Waals surface area contributed by atoms with E-state index in [0.717, 1.165) is 44.8 Å². The molecular formula is C24H36ClN4O2. The number of nitrogens with two attached hydrogens (primary N) is 1. The van der Waals surface area contributed by atoms with E-state index in [1.807, 2.05) is 29.2 Å². The van der Waals surface area contributed by atoms with Gasteiger partial charge in [0.2, 0.25) is 11.8 Å². The van der Waals surface area contributed by atoms with Gasteiger partial charge in [-0.25, -0.2) is 0 Å². The quantitative estimate of drug-likeness (QED) is 0.598. The molecule has 0 aromatic heterocycles. The summed E-state index contributed by atoms with van der Waals surface area (Å²) in [6, 6.07) is 8.06. The molecule has 2 fully saturated rings. The number of carbonyl (C=O) groups excluding carboxylic acids is 2. The third kappa shape index (κ3) is 7.19. The first-order chi connectivity index (χ1) is 15.0. The van der Waals surface area contributed by atoms with Crippen LogP contribution in [0, 0.1) is 12.3 Å². The van der Waals surface area contributed by atoms with E-state index in [2.05, 4.69) is 16.7 Å². The summed E-state index contributed by atoms with van der Waals surface area (Å²) in [5.41, 5.74) is 6.55. The topological polar surface area (TPSA) is 69.9 Å². The molecule has 1 atom stereocenters. The van der Waals surface area contributed by atoms with Gasteiger partial charge in [-0.1, -0.05) is 43.5 Å². The molecule has 1 unspecified atom stereocenters. The summed E-state index contributed by atoms with van der Waals surface area (Å²) in [6.45, 7) is 7.37. The van der Waals surface area contributed by atoms with E-state index in [1.165, 1.54) is 25.7 Å². The molecule has 0 bridgehead atoms. The zero-order valence-electron chi connectivity index (χ0n) is 18.6. The van der Waals surface area contributed by atoms with Gasteiger partial charge in [0.05, 0.1) is 13.0 Å². The van der Waals surface area contributed by atoms with Gasteiger partial charge in [-0.3, -0.25) is 19.4 Å². The Morgan fingerprint density at radius 1 is 1.16 bits per heavy atom. The second-order valence-electron chi connectivity index (χ2n) is 8.80. The number of hydrogen-bond acceptors (Lipinski definition) is 4. The molecule has 0 spiro atoms. The van der Waals surface area contributed by atoms with Gasteiger partial charge >= 0.3 is 0 Å². The highest BCUT2D eigenvalue weighted by atomic mass is 35.5. The maximum Gasteiger partial charge on any atom is 0.231 e. The van der Waals surface area contributed by atoms with Crippen LogP contribution in [-0.4, -0.2) is 78.4 Å². The highest BCUT2D eigenvalue weighted by molar-refractivity contribution is 6.30. The van der Waals surface area contributed by atoms with E-state index in [-0.39, 0.29) is 11.8 Å². The van der Waals surface area contributed by atoms with Crippen LogP contribution in [0.3, 0.4) is 0 Å². The highest BCUT2D eigenvalue weighted by Crippen LogP contribution is 2.31. The zero-order chi connectivity index (χ0) is 22.2. The van der Waals surface area contributed by atoms with Crippen LogP contribution < -0.4 is 5.73 Å². The standard InChI is InChI=1S/C24H36ClN4O2/c1-2-27(18-23(26)30)17-22(20-5-3-4-6-20)28-13-15-29(16-14-28)24(31)12-9-19-7-10-21(25)11-8-19/h7-8,10-12,20,22H,2-6,9,13-18H2,1H3,(H2,26,30). The number of halogens is 1. The highest BCUT2D eigenvalue weighted by Gasteiger charge is 2.33. The van der Waals surface area contributed by atoms with E-state index in [9.17, 15) is 9.59 Å². The van der Waals surface area contributed by atoms with Crippen LogP contribution in [0.25, 0.3) is 0 Å². The fourth-order valence-electron chi connectivity index (χ4n) is 4.92. The van der Waals surface area contributed by atoms with Gasteiger partial charge in [-0.2, -0.15) is 0 Å². The van der Waals surface area contributed by atoms with Gasteiger partial charge in [0.15, 0.2) is 0 Å². The van der Waals surface area contributed by atoms with Gasteiger partial charge in [0, 0.05) is 43.8 Å². The van der Waals surface area contributed by atoms with E-state index in [4.69, 9.17) is 17.3 Å². The first kappa shape index (κ1) is 24.0. The number of carbonyl (C=O) groups is 2. The van der Waals surface area contributed by atoms with Gasteiger partial charge < -0.3 is 10.6 Å². The number of rotatable bonds is 10. The number of nitrogens with zero attached hydrogens (tertiary/aromatic N) is 3. The summed E-state index contributed by atoms with van der Waals surface area (Å²) in [7, 11) is 0. The fraction of sp³-hybridized carbons (Fsp3) is 0.625. The molecule has 31 heavy (non-hydrogen) atoms. The predicted molar refractivity (Wildman–Crippen MR) is 125 cm³/mol. The SMILES string of the molecule is CCN(CC(N)=O)CC(C1CCCC1)N1CCN(C(=O)[CH]Cc2ccc(Cl)cc2)CC1. The summed E-state index contributed by atoms with van der Waals surface area (Å²) in [5, 5.41) is 0.709. The molecule has 171 valence electrons. The van der Waals surface area contributed by atoms with Crippen molar-refractivity contribution in [2.45, 2.75) is 45.1 Å². The van der Waals surface area contributed by atoms with Gasteiger partial charge in [-0.15, -0.1) is 0 Å². The summed E-state index contributed by atoms with van der Waals surface area (Å²) in [5.74, 6) is 0.509. The Balaban J connectivity index is 1.52. The van der Waals surface area contributed by atoms with Gasteiger partial charge in [0.1, 0.15) is 0 Å². The van der Waals surface area contributed by atoms with E-state index < -0.39 is 0 Å². The molecule has 7 heteroatoms. The summed E-state index contributed by atoms with van der Waals surface area (Å²) >= 11 is 5.93. The van der Waals surface area contributed by atoms with Crippen LogP contribution in [0.2, 0.25) is 5.02 Å². The molecule has 6 nitrogen and oxygen atoms in total. The van der Waals surface area contributed by atoms with Crippen LogP contribution in [0.5, 0.6) is 0 Å². The Labute approximate surface area is 191 Å². The second kappa shape index (κ2) is 11.8. The maximum absolute atomic E-state index is 12.7. The Morgan fingerprint density at radius 3 is 2.39 bits per heavy atom. The molecule has 1 radical (unpaired) electrons. The van der Waals surface area contributed by atoms with E-state index in [1.54, 1.807) is 6.42 Å². The number of likely N-dealkylation sites (N-methyl/N-ethyl adjacent to an activating group) is 1. The fourth-order valence-corrected chi connectivity index (χ4v) is 5.05. The molecule has 1 aromatic rings. The summed E-state index contributed by atoms with van der Waals surface area (Å²) in [4.78, 5) is 30.8. The van der Waals surface area contributed by atoms with Crippen molar-refractivity contribution in [2.24, 2.45) is 11.7 Å². The Morgan fingerprint density at radius 2 is 1.81 bits per heavy atom. The van der Waals surface area contributed by atoms with Crippen molar-refractivity contribution < 1.29 is 9.59 Å². The minimum Gasteiger partial charge on any atom is -0.369 e. The van der Waals surface area contributed by atoms with Crippen LogP contribution in [0.15, 0.2) is 24.3 Å². The van der Waals surface area contributed by atoms with Crippen molar-refractivity contribution >= 4 is 23.4 Å². The smallest absolute Gasteiger partial charge is 0.231 e. The average molecular weight is 448 g/mol. The maximum atomic E-state index is 12.7. The van der Waals surface area contributed by atoms with E-state index >= 15 is 0 Å². The molecule has 1 aliphatic heterocycles. The molecule has 1 aromatic carbocycles. The summed E-state index contributed by atoms with van der Waals surface area (Å²) < 4.78 is 0. The van der Waals surface area contributed by atoms with Gasteiger partial charge in [-0.05, 0) is 49.4 Å². The number of piperazine rings is 1. The number of amides is 2. The molecule has 2 amide bonds. The molecule has 3 rings (SSSR count). The Kier molecular flexibility index (Phi) is 9.17. The first-order valence-corrected chi connectivity index (χ1v) is 11.9. The van der Waals surface area contributed by atoms with E-state index in [0.29, 0.717) is 29.9 Å². The third-order valence-electron chi connectivity index (χ3n) is 6.74. The molecule has 1 saturated heterocycles. The lowest BCUT2D eigenvalue weighted by atomic mass is 9.95. The Hall–Kier alpha value is -1.63. The molecule has 1 heterocycles. The lowest BCUT2D eigenvalue weighted by Crippen LogP contribution is -2.56. The average Bonchev–Trinajstić information content (AvgIpc) is 3.30. The minimum absolute atomic E-state index is 0.107. The Bertz CT molecular complexity index is 713. The molecule has 2 aliphatic rings. The van der Waals surface area contributed by atoms with Crippen molar-refractivity contribution in [2.75, 3.05) is 45.8 Å². The van der Waals surface area contributed by atoms with Crippen LogP contribution in [0.4, 0.5) is 0 Å². The van der Waals surface area contributed by atoms with Crippen molar-refractivity contribution in [3.63, 3.8) is 0 Å². The lowest BCUT2D eigenvalue weighted by molar-refractivity contribution is -0.130. The van der Waals surface area contributed by atoms with Crippen molar-refractivity contribution in [3.8, 4) is 0 Å². The zero-order valence-corrected chi connectivity index (χ0v) is 19.4. The second-order valence-corrected chi connectivity index (χ2v) is 9.24. The molecule has 1 aliphatic carbocycles. The monoisotopic (exact) mass is 447 g/mol. The number of hydrogen-bond donors (Lipinski definition) is 1. The van der Waals surface area contributed by atoms with Gasteiger partial charge in [0.25, 0.3) is 0 Å². The molecule has 2 N–H and O–H groups in total. The van der Waals surface area contributed by atoms with Crippen molar-refractivity contribution in [1.29, 1.82) is 0 Å². The molecule has 1 saturated carbocycles. The first-order valence-electron chi connectivity index (χ1n) is 11.6. The lowest BCUT2D eigenvalue weighted by Gasteiger charge is -2.43. The molecular weight excluding hydrogens is 412 g/mol. The summed E-state index contributed by atoms with van der Waals surface area (Å²) in [6.07, 6.45) is 7.50. The van der Waals surface area contributed by atoms with Crippen LogP contribution in [-0.2, 0) is 16.0 Å².